The predicted octanol–water partition coefficient (Wildman–Crippen LogP) is 2.76. The Kier molecular flexibility index (Phi) is 5.57. The Morgan fingerprint density at radius 2 is 2.00 bits per heavy atom. The normalized spacial score (nSPS) is 11.8. The van der Waals surface area contributed by atoms with Crippen LogP contribution in [0.1, 0.15) is 57.0 Å². The first-order valence-electron chi connectivity index (χ1n) is 8.37. The van der Waals surface area contributed by atoms with Crippen molar-refractivity contribution in [3.8, 4) is 5.69 Å². The van der Waals surface area contributed by atoms with E-state index in [1.165, 1.54) is 15.6 Å². The average Bonchev–Trinajstić information content (AvgIpc) is 2.96. The number of likely N-dealkylation sites (N-methyl/N-ethyl adjacent to an activating group) is 1. The van der Waals surface area contributed by atoms with Crippen LogP contribution in [0.5, 0.6) is 0 Å². The first-order chi connectivity index (χ1) is 11.6. The molecule has 6 nitrogen and oxygen atoms in total. The molecule has 0 aliphatic carbocycles. The lowest BCUT2D eigenvalue weighted by atomic mass is 10.1. The van der Waals surface area contributed by atoms with E-state index in [0.717, 1.165) is 0 Å². The third kappa shape index (κ3) is 4.42. The van der Waals surface area contributed by atoms with E-state index in [1.807, 2.05) is 20.8 Å². The lowest BCUT2D eigenvalue weighted by molar-refractivity contribution is 0.0308. The van der Waals surface area contributed by atoms with Crippen LogP contribution in [-0.4, -0.2) is 49.4 Å². The second-order valence-electron chi connectivity index (χ2n) is 6.94. The topological polar surface area (TPSA) is 71.2 Å². The molecule has 136 valence electrons. The largest absolute Gasteiger partial charge is 0.389 e. The van der Waals surface area contributed by atoms with E-state index >= 15 is 0 Å². The zero-order chi connectivity index (χ0) is 18.8. The van der Waals surface area contributed by atoms with Crippen LogP contribution in [0.4, 0.5) is 4.39 Å². The second kappa shape index (κ2) is 7.31. The lowest BCUT2D eigenvalue weighted by Crippen LogP contribution is -2.42. The summed E-state index contributed by atoms with van der Waals surface area (Å²) in [7, 11) is 0. The fourth-order valence-corrected chi connectivity index (χ4v) is 2.52. The van der Waals surface area contributed by atoms with Gasteiger partial charge in [-0.25, -0.2) is 14.1 Å². The van der Waals surface area contributed by atoms with Crippen molar-refractivity contribution in [1.29, 1.82) is 0 Å². The van der Waals surface area contributed by atoms with Crippen molar-refractivity contribution in [3.63, 3.8) is 0 Å². The summed E-state index contributed by atoms with van der Waals surface area (Å²) < 4.78 is 15.5. The second-order valence-corrected chi connectivity index (χ2v) is 6.94. The maximum absolute atomic E-state index is 14.2. The molecule has 1 aromatic heterocycles. The number of hydrogen-bond donors (Lipinski definition) is 1. The molecule has 2 rings (SSSR count). The summed E-state index contributed by atoms with van der Waals surface area (Å²) >= 11 is 0. The van der Waals surface area contributed by atoms with E-state index in [0.29, 0.717) is 12.4 Å². The van der Waals surface area contributed by atoms with Crippen molar-refractivity contribution in [2.45, 2.75) is 46.1 Å². The molecule has 0 aliphatic rings. The highest BCUT2D eigenvalue weighted by Gasteiger charge is 2.27. The zero-order valence-corrected chi connectivity index (χ0v) is 15.3. The van der Waals surface area contributed by atoms with Crippen LogP contribution in [0.3, 0.4) is 0 Å². The summed E-state index contributed by atoms with van der Waals surface area (Å²) in [6, 6.07) is 6.24. The molecule has 1 amide bonds. The number of aliphatic hydroxyl groups is 1. The van der Waals surface area contributed by atoms with E-state index in [4.69, 9.17) is 0 Å². The zero-order valence-electron chi connectivity index (χ0n) is 15.3. The average molecular weight is 348 g/mol. The molecule has 0 radical (unpaired) electrons. The van der Waals surface area contributed by atoms with Gasteiger partial charge in [0.05, 0.1) is 5.60 Å². The number of benzene rings is 1. The number of rotatable bonds is 6. The Hall–Kier alpha value is -2.28. The Labute approximate surface area is 147 Å². The predicted molar refractivity (Wildman–Crippen MR) is 93.3 cm³/mol. The van der Waals surface area contributed by atoms with E-state index in [-0.39, 0.29) is 29.9 Å². The quantitative estimate of drug-likeness (QED) is 0.871. The fourth-order valence-electron chi connectivity index (χ4n) is 2.52. The summed E-state index contributed by atoms with van der Waals surface area (Å²) in [6.07, 6.45) is 0. The van der Waals surface area contributed by atoms with Crippen LogP contribution in [0.15, 0.2) is 24.3 Å². The first-order valence-corrected chi connectivity index (χ1v) is 8.37. The molecule has 0 bridgehead atoms. The summed E-state index contributed by atoms with van der Waals surface area (Å²) in [5.41, 5.74) is -0.774. The van der Waals surface area contributed by atoms with Gasteiger partial charge < -0.3 is 10.0 Å². The van der Waals surface area contributed by atoms with Crippen molar-refractivity contribution >= 4 is 5.91 Å². The van der Waals surface area contributed by atoms with Gasteiger partial charge in [0.15, 0.2) is 0 Å². The third-order valence-electron chi connectivity index (χ3n) is 3.67. The van der Waals surface area contributed by atoms with Crippen LogP contribution in [0, 0.1) is 5.82 Å². The minimum absolute atomic E-state index is 0.00180. The highest BCUT2D eigenvalue weighted by Crippen LogP contribution is 2.20. The van der Waals surface area contributed by atoms with Crippen molar-refractivity contribution < 1.29 is 14.3 Å². The van der Waals surface area contributed by atoms with E-state index < -0.39 is 11.4 Å². The summed E-state index contributed by atoms with van der Waals surface area (Å²) in [4.78, 5) is 18.6. The third-order valence-corrected chi connectivity index (χ3v) is 3.67. The Bertz CT molecular complexity index is 750. The smallest absolute Gasteiger partial charge is 0.293 e. The van der Waals surface area contributed by atoms with Gasteiger partial charge in [0.2, 0.25) is 5.82 Å². The van der Waals surface area contributed by atoms with Crippen LogP contribution in [0.2, 0.25) is 0 Å². The number of carbonyl (C=O) groups is 1. The summed E-state index contributed by atoms with van der Waals surface area (Å²) in [6.45, 7) is 9.47. The molecule has 25 heavy (non-hydrogen) atoms. The van der Waals surface area contributed by atoms with E-state index in [1.54, 1.807) is 32.0 Å². The molecule has 0 unspecified atom stereocenters. The molecule has 0 saturated heterocycles. The lowest BCUT2D eigenvalue weighted by Gasteiger charge is -2.27. The minimum Gasteiger partial charge on any atom is -0.389 e. The van der Waals surface area contributed by atoms with Crippen molar-refractivity contribution in [3.05, 3.63) is 41.7 Å². The molecule has 0 spiro atoms. The standard InChI is InChI=1S/C18H25FN4O2/c1-6-22(11-18(4,5)25)17(24)15-20-16(12(2)3)23(21-15)14-10-8-7-9-13(14)19/h7-10,12,25H,6,11H2,1-5H3. The van der Waals surface area contributed by atoms with Gasteiger partial charge in [-0.05, 0) is 32.9 Å². The monoisotopic (exact) mass is 348 g/mol. The van der Waals surface area contributed by atoms with Gasteiger partial charge in [-0.3, -0.25) is 4.79 Å². The minimum atomic E-state index is -1.03. The van der Waals surface area contributed by atoms with Gasteiger partial charge in [-0.15, -0.1) is 5.10 Å². The SMILES string of the molecule is CCN(CC(C)(C)O)C(=O)c1nc(C(C)C)n(-c2ccccc2F)n1. The number of aromatic nitrogens is 3. The molecule has 7 heteroatoms. The van der Waals surface area contributed by atoms with E-state index in [2.05, 4.69) is 10.1 Å². The van der Waals surface area contributed by atoms with Crippen LogP contribution in [0.25, 0.3) is 5.69 Å². The van der Waals surface area contributed by atoms with Crippen molar-refractivity contribution in [2.24, 2.45) is 0 Å². The first kappa shape index (κ1) is 19.1. The van der Waals surface area contributed by atoms with Gasteiger partial charge in [-0.1, -0.05) is 26.0 Å². The summed E-state index contributed by atoms with van der Waals surface area (Å²) in [5, 5.41) is 14.2. The molecular weight excluding hydrogens is 323 g/mol. The number of hydrogen-bond acceptors (Lipinski definition) is 4. The number of halogens is 1. The van der Waals surface area contributed by atoms with Gasteiger partial charge in [-0.2, -0.15) is 0 Å². The maximum atomic E-state index is 14.2. The van der Waals surface area contributed by atoms with Crippen molar-refractivity contribution in [1.82, 2.24) is 19.7 Å². The van der Waals surface area contributed by atoms with Crippen LogP contribution >= 0.6 is 0 Å². The van der Waals surface area contributed by atoms with Gasteiger partial charge in [0.1, 0.15) is 17.3 Å². The molecule has 0 fully saturated rings. The van der Waals surface area contributed by atoms with Crippen LogP contribution in [-0.2, 0) is 0 Å². The molecule has 2 aromatic rings. The van der Waals surface area contributed by atoms with Crippen LogP contribution < -0.4 is 0 Å². The number of para-hydroxylation sites is 1. The van der Waals surface area contributed by atoms with Gasteiger partial charge in [0, 0.05) is 19.0 Å². The highest BCUT2D eigenvalue weighted by atomic mass is 19.1. The number of nitrogens with zero attached hydrogens (tertiary/aromatic N) is 4. The number of carbonyl (C=O) groups excluding carboxylic acids is 1. The Morgan fingerprint density at radius 3 is 2.52 bits per heavy atom. The molecule has 0 saturated carbocycles. The van der Waals surface area contributed by atoms with Crippen molar-refractivity contribution in [2.75, 3.05) is 13.1 Å². The Balaban J connectivity index is 2.45. The van der Waals surface area contributed by atoms with E-state index in [9.17, 15) is 14.3 Å². The fraction of sp³-hybridized carbons (Fsp3) is 0.500. The molecule has 0 atom stereocenters. The summed E-state index contributed by atoms with van der Waals surface area (Å²) in [5.74, 6) is -0.359. The molecular formula is C18H25FN4O2. The van der Waals surface area contributed by atoms with Gasteiger partial charge >= 0.3 is 0 Å². The molecule has 0 aliphatic heterocycles. The maximum Gasteiger partial charge on any atom is 0.293 e. The molecule has 1 N–H and O–H groups in total. The number of amides is 1. The van der Waals surface area contributed by atoms with Gasteiger partial charge in [0.25, 0.3) is 5.91 Å². The molecule has 1 aromatic carbocycles. The highest BCUT2D eigenvalue weighted by molar-refractivity contribution is 5.90. The Morgan fingerprint density at radius 1 is 1.36 bits per heavy atom. The molecule has 1 heterocycles.